The fourth-order valence-electron chi connectivity index (χ4n) is 4.38. The minimum Gasteiger partial charge on any atom is -0.316 e. The van der Waals surface area contributed by atoms with Crippen molar-refractivity contribution in [2.75, 3.05) is 0 Å². The molecule has 0 radical (unpaired) electrons. The minimum absolute atomic E-state index is 0.0244. The van der Waals surface area contributed by atoms with Crippen molar-refractivity contribution in [3.8, 4) is 0 Å². The van der Waals surface area contributed by atoms with E-state index in [-0.39, 0.29) is 11.9 Å². The van der Waals surface area contributed by atoms with Crippen molar-refractivity contribution in [3.05, 3.63) is 17.1 Å². The van der Waals surface area contributed by atoms with Gasteiger partial charge in [-0.05, 0) is 22.7 Å². The number of fused-ring (bicyclic) bond motifs is 3. The molecule has 1 heterocycles. The summed E-state index contributed by atoms with van der Waals surface area (Å²) in [6.45, 7) is 0. The van der Waals surface area contributed by atoms with Gasteiger partial charge in [-0.1, -0.05) is 22.5 Å². The highest BCUT2D eigenvalue weighted by Gasteiger charge is 2.64. The van der Waals surface area contributed by atoms with Gasteiger partial charge in [0, 0.05) is 0 Å². The number of ketones is 1. The summed E-state index contributed by atoms with van der Waals surface area (Å²) in [5, 5.41) is -0.469. The molecule has 1 aromatic rings. The van der Waals surface area contributed by atoms with E-state index in [1.165, 1.54) is 16.4 Å². The van der Waals surface area contributed by atoms with Crippen LogP contribution in [0.25, 0.3) is 0 Å². The minimum atomic E-state index is -1.01. The lowest BCUT2D eigenvalue weighted by molar-refractivity contribution is -0.121. The monoisotopic (exact) mass is 303 g/mol. The first kappa shape index (κ1) is 16.2. The Morgan fingerprint density at radius 3 is 2.23 bits per heavy atom. The standard InChI is InChI=1S/C12H17B7ClNO/c13-3-1-2-11(18)12(21,10(3)22)4-5(14)6(15)7(16)8(17)9(4)19(11)20/h1H,2,13-18,21H2. The van der Waals surface area contributed by atoms with Crippen molar-refractivity contribution >= 4 is 97.8 Å². The molecule has 2 atom stereocenters. The van der Waals surface area contributed by atoms with Crippen LogP contribution in [-0.2, 0) is 10.3 Å². The summed E-state index contributed by atoms with van der Waals surface area (Å²) in [5.74, 6) is 0.0244. The van der Waals surface area contributed by atoms with Gasteiger partial charge in [0.05, 0.1) is 5.54 Å². The number of nitrogens with two attached hydrogens (primary N) is 1. The number of benzene rings is 1. The first-order valence-corrected chi connectivity index (χ1v) is 8.28. The fraction of sp³-hybridized carbons (Fsp3) is 0.250. The molecular formula is C12H17B7ClNO. The Bertz CT molecular complexity index is 767. The van der Waals surface area contributed by atoms with Crippen LogP contribution in [0.1, 0.15) is 12.0 Å². The van der Waals surface area contributed by atoms with Crippen LogP contribution in [0.15, 0.2) is 11.5 Å². The lowest BCUT2D eigenvalue weighted by Gasteiger charge is -2.45. The molecule has 1 aliphatic carbocycles. The fourth-order valence-corrected chi connectivity index (χ4v) is 4.91. The van der Waals surface area contributed by atoms with Gasteiger partial charge in [0.15, 0.2) is 5.78 Å². The highest BCUT2D eigenvalue weighted by atomic mass is 35.5. The zero-order chi connectivity index (χ0) is 16.6. The third kappa shape index (κ3) is 1.57. The molecule has 0 spiro atoms. The van der Waals surface area contributed by atoms with Crippen molar-refractivity contribution in [1.29, 1.82) is 0 Å². The van der Waals surface area contributed by atoms with Crippen LogP contribution in [0.4, 0.5) is 0 Å². The second-order valence-electron chi connectivity index (χ2n) is 7.30. The van der Waals surface area contributed by atoms with E-state index in [0.717, 1.165) is 28.4 Å². The van der Waals surface area contributed by atoms with E-state index >= 15 is 0 Å². The number of carbonyl (C=O) groups is 1. The summed E-state index contributed by atoms with van der Waals surface area (Å²) in [7, 11) is 12.3. The lowest BCUT2D eigenvalue weighted by atomic mass is 9.33. The van der Waals surface area contributed by atoms with Crippen molar-refractivity contribution in [2.45, 2.75) is 17.2 Å². The molecule has 1 aliphatic heterocycles. The van der Waals surface area contributed by atoms with E-state index in [4.69, 9.17) is 17.2 Å². The molecule has 2 N–H and O–H groups in total. The van der Waals surface area contributed by atoms with E-state index in [2.05, 4.69) is 39.2 Å². The van der Waals surface area contributed by atoms with E-state index in [1.807, 2.05) is 13.9 Å². The highest BCUT2D eigenvalue weighted by Crippen LogP contribution is 2.54. The van der Waals surface area contributed by atoms with Gasteiger partial charge >= 0.3 is 0 Å². The van der Waals surface area contributed by atoms with Crippen LogP contribution in [0.3, 0.4) is 0 Å². The first-order valence-electron chi connectivity index (χ1n) is 7.84. The Balaban J connectivity index is 2.47. The average molecular weight is 302 g/mol. The van der Waals surface area contributed by atoms with Crippen LogP contribution in [0.5, 0.6) is 0 Å². The molecular weight excluding hydrogens is 285 g/mol. The molecule has 0 aromatic heterocycles. The van der Waals surface area contributed by atoms with Crippen LogP contribution >= 0.6 is 11.5 Å². The maximum Gasteiger partial charge on any atom is 0.284 e. The quantitative estimate of drug-likeness (QED) is 0.484. The molecule has 0 bridgehead atoms. The van der Waals surface area contributed by atoms with Crippen LogP contribution in [-0.4, -0.2) is 59.0 Å². The van der Waals surface area contributed by atoms with Gasteiger partial charge in [-0.2, -0.15) is 11.5 Å². The Labute approximate surface area is 142 Å². The Hall–Kier alpha value is -0.665. The molecule has 1 aromatic carbocycles. The maximum absolute atomic E-state index is 13.0. The Morgan fingerprint density at radius 2 is 1.64 bits per heavy atom. The maximum atomic E-state index is 13.0. The van der Waals surface area contributed by atoms with Gasteiger partial charge in [0.2, 0.25) is 0 Å². The predicted octanol–water partition coefficient (Wildman–Crippen LogP) is -7.85. The van der Waals surface area contributed by atoms with Crippen molar-refractivity contribution < 1.29 is 4.79 Å². The van der Waals surface area contributed by atoms with Crippen molar-refractivity contribution in [2.24, 2.45) is 5.73 Å². The van der Waals surface area contributed by atoms with Gasteiger partial charge in [-0.3, -0.25) is 4.79 Å². The number of carbonyl (C=O) groups excluding carboxylic acids is 1. The molecule has 104 valence electrons. The van der Waals surface area contributed by atoms with Gasteiger partial charge in [0.1, 0.15) is 47.1 Å². The van der Waals surface area contributed by atoms with Gasteiger partial charge < -0.3 is 5.73 Å². The Kier molecular flexibility index (Phi) is 3.44. The largest absolute Gasteiger partial charge is 0.316 e. The molecule has 10 heteroatoms. The number of hydrogen-bond acceptors (Lipinski definition) is 2. The van der Waals surface area contributed by atoms with Gasteiger partial charge in [0.25, 0.3) is 6.13 Å². The second-order valence-corrected chi connectivity index (χ2v) is 7.73. The van der Waals surface area contributed by atoms with E-state index in [1.54, 1.807) is 0 Å². The summed E-state index contributed by atoms with van der Waals surface area (Å²) in [4.78, 5) is 13.0. The van der Waals surface area contributed by atoms with Crippen LogP contribution in [0.2, 0.25) is 5.21 Å². The van der Waals surface area contributed by atoms with Crippen molar-refractivity contribution in [1.82, 2.24) is 0 Å². The first-order chi connectivity index (χ1) is 10.1. The Morgan fingerprint density at radius 1 is 1.09 bits per heavy atom. The normalized spacial score (nSPS) is 30.0. The molecule has 2 aliphatic rings. The molecule has 3 rings (SSSR count). The zero-order valence-corrected chi connectivity index (χ0v) is 15.0. The summed E-state index contributed by atoms with van der Waals surface area (Å²) in [6.07, 6.45) is 2.50. The van der Waals surface area contributed by atoms with Crippen molar-refractivity contribution in [3.63, 3.8) is 0 Å². The molecule has 0 saturated carbocycles. The van der Waals surface area contributed by atoms with E-state index < -0.39 is 10.8 Å². The predicted molar refractivity (Wildman–Crippen MR) is 114 cm³/mol. The molecule has 0 fully saturated rings. The lowest BCUT2D eigenvalue weighted by Crippen LogP contribution is -2.61. The SMILES string of the molecule is BC1=CCC2(B)B(Cl)c3c(B)c(B)c(B)c(B)c3C2(N)C1=O. The summed E-state index contributed by atoms with van der Waals surface area (Å²) < 4.78 is 0. The van der Waals surface area contributed by atoms with Gasteiger partial charge in [-0.15, -0.1) is 10.9 Å². The van der Waals surface area contributed by atoms with Gasteiger partial charge in [-0.25, -0.2) is 0 Å². The molecule has 0 amide bonds. The summed E-state index contributed by atoms with van der Waals surface area (Å²) in [6, 6.07) is 0. The van der Waals surface area contributed by atoms with E-state index in [9.17, 15) is 4.79 Å². The number of halogens is 1. The summed E-state index contributed by atoms with van der Waals surface area (Å²) in [5.41, 5.74) is 13.4. The topological polar surface area (TPSA) is 43.1 Å². The highest BCUT2D eigenvalue weighted by molar-refractivity contribution is 7.20. The van der Waals surface area contributed by atoms with E-state index in [0.29, 0.717) is 0 Å². The molecule has 0 saturated heterocycles. The average Bonchev–Trinajstić information content (AvgIpc) is 2.67. The third-order valence-corrected chi connectivity index (χ3v) is 7.09. The molecule has 2 unspecified atom stereocenters. The summed E-state index contributed by atoms with van der Waals surface area (Å²) >= 11 is 6.90. The van der Waals surface area contributed by atoms with Crippen LogP contribution in [0, 0.1) is 0 Å². The number of allylic oxidation sites excluding steroid dienone is 1. The molecule has 2 nitrogen and oxygen atoms in total. The third-order valence-electron chi connectivity index (χ3n) is 6.39. The number of rotatable bonds is 0. The molecule has 22 heavy (non-hydrogen) atoms. The smallest absolute Gasteiger partial charge is 0.284 e. The number of hydrogen-bond donors (Lipinski definition) is 1. The number of Topliss-reactive ketones (excluding diaryl/α,β-unsaturated/α-hetero) is 1. The van der Waals surface area contributed by atoms with Crippen LogP contribution < -0.4 is 33.0 Å². The zero-order valence-electron chi connectivity index (χ0n) is 14.2. The second kappa shape index (κ2) is 4.67.